The van der Waals surface area contributed by atoms with Crippen molar-refractivity contribution in [3.63, 3.8) is 0 Å². The minimum atomic E-state index is -0.0495. The maximum atomic E-state index is 5.44. The summed E-state index contributed by atoms with van der Waals surface area (Å²) >= 11 is 0. The lowest BCUT2D eigenvalue weighted by Crippen LogP contribution is -2.43. The first-order valence-electron chi connectivity index (χ1n) is 7.78. The number of hydrogen-bond donors (Lipinski definition) is 1. The van der Waals surface area contributed by atoms with E-state index in [0.29, 0.717) is 6.04 Å². The van der Waals surface area contributed by atoms with E-state index >= 15 is 0 Å². The molecule has 20 heavy (non-hydrogen) atoms. The predicted octanol–water partition coefficient (Wildman–Crippen LogP) is 2.33. The van der Waals surface area contributed by atoms with Gasteiger partial charge in [-0.15, -0.1) is 0 Å². The summed E-state index contributed by atoms with van der Waals surface area (Å²) in [6.07, 6.45) is 3.57. The molecular formula is C15H28N4O. The van der Waals surface area contributed by atoms with Crippen molar-refractivity contribution in [2.24, 2.45) is 0 Å². The first-order chi connectivity index (χ1) is 9.50. The summed E-state index contributed by atoms with van der Waals surface area (Å²) in [5, 5.41) is 7.54. The van der Waals surface area contributed by atoms with E-state index < -0.39 is 0 Å². The van der Waals surface area contributed by atoms with Crippen molar-refractivity contribution in [1.82, 2.24) is 20.4 Å². The quantitative estimate of drug-likeness (QED) is 0.897. The fourth-order valence-corrected chi connectivity index (χ4v) is 2.65. The zero-order valence-electron chi connectivity index (χ0n) is 13.3. The highest BCUT2D eigenvalue weighted by atomic mass is 16.5. The van der Waals surface area contributed by atoms with Crippen molar-refractivity contribution in [2.75, 3.05) is 19.6 Å². The van der Waals surface area contributed by atoms with Crippen molar-refractivity contribution >= 4 is 0 Å². The van der Waals surface area contributed by atoms with Crippen LogP contribution in [0.4, 0.5) is 0 Å². The van der Waals surface area contributed by atoms with E-state index in [-0.39, 0.29) is 5.41 Å². The molecule has 0 aliphatic carbocycles. The second-order valence-electron chi connectivity index (χ2n) is 6.71. The largest absolute Gasteiger partial charge is 0.338 e. The molecule has 0 radical (unpaired) electrons. The molecule has 1 fully saturated rings. The zero-order valence-corrected chi connectivity index (χ0v) is 13.3. The monoisotopic (exact) mass is 280 g/mol. The summed E-state index contributed by atoms with van der Waals surface area (Å²) < 4.78 is 5.44. The van der Waals surface area contributed by atoms with Crippen LogP contribution in [-0.4, -0.2) is 40.7 Å². The lowest BCUT2D eigenvalue weighted by molar-refractivity contribution is 0.137. The maximum Gasteiger partial charge on any atom is 0.240 e. The molecule has 5 nitrogen and oxygen atoms in total. The van der Waals surface area contributed by atoms with E-state index in [1.165, 1.54) is 12.8 Å². The van der Waals surface area contributed by atoms with E-state index in [1.54, 1.807) is 0 Å². The summed E-state index contributed by atoms with van der Waals surface area (Å²) in [7, 11) is 0. The van der Waals surface area contributed by atoms with E-state index in [1.807, 2.05) is 0 Å². The van der Waals surface area contributed by atoms with Gasteiger partial charge in [0.1, 0.15) is 0 Å². The second-order valence-corrected chi connectivity index (χ2v) is 6.71. The Morgan fingerprint density at radius 1 is 1.30 bits per heavy atom. The summed E-state index contributed by atoms with van der Waals surface area (Å²) in [5.41, 5.74) is -0.0495. The smallest absolute Gasteiger partial charge is 0.240 e. The molecule has 0 spiro atoms. The standard InChI is InChI=1S/C15H28N4O/c1-5-10-19(12-6-8-16-9-7-12)11-13-17-14(18-20-13)15(2,3)4/h12,16H,5-11H2,1-4H3. The number of nitrogens with zero attached hydrogens (tertiary/aromatic N) is 3. The zero-order chi connectivity index (χ0) is 14.6. The van der Waals surface area contributed by atoms with Gasteiger partial charge in [-0.3, -0.25) is 4.90 Å². The molecule has 1 aliphatic heterocycles. The molecule has 0 saturated carbocycles. The van der Waals surface area contributed by atoms with Crippen LogP contribution in [0.25, 0.3) is 0 Å². The maximum absolute atomic E-state index is 5.44. The highest BCUT2D eigenvalue weighted by Crippen LogP contribution is 2.20. The van der Waals surface area contributed by atoms with Crippen LogP contribution in [0.15, 0.2) is 4.52 Å². The Morgan fingerprint density at radius 3 is 2.55 bits per heavy atom. The fourth-order valence-electron chi connectivity index (χ4n) is 2.65. The van der Waals surface area contributed by atoms with E-state index in [4.69, 9.17) is 4.52 Å². The summed E-state index contributed by atoms with van der Waals surface area (Å²) in [6, 6.07) is 0.640. The third kappa shape index (κ3) is 4.03. The summed E-state index contributed by atoms with van der Waals surface area (Å²) in [4.78, 5) is 7.06. The molecule has 114 valence electrons. The third-order valence-corrected chi connectivity index (χ3v) is 3.81. The molecule has 1 aromatic rings. The van der Waals surface area contributed by atoms with Gasteiger partial charge in [0.25, 0.3) is 0 Å². The van der Waals surface area contributed by atoms with Crippen molar-refractivity contribution in [3.05, 3.63) is 11.7 Å². The molecular weight excluding hydrogens is 252 g/mol. The van der Waals surface area contributed by atoms with E-state index in [9.17, 15) is 0 Å². The Bertz CT molecular complexity index is 404. The van der Waals surface area contributed by atoms with Crippen LogP contribution in [0.2, 0.25) is 0 Å². The molecule has 0 atom stereocenters. The normalized spacial score (nSPS) is 17.9. The van der Waals surface area contributed by atoms with Crippen LogP contribution in [0.1, 0.15) is 58.7 Å². The Balaban J connectivity index is 2.01. The van der Waals surface area contributed by atoms with E-state index in [2.05, 4.69) is 48.1 Å². The van der Waals surface area contributed by atoms with Crippen LogP contribution >= 0.6 is 0 Å². The van der Waals surface area contributed by atoms with Gasteiger partial charge in [0, 0.05) is 11.5 Å². The molecule has 0 bridgehead atoms. The van der Waals surface area contributed by atoms with E-state index in [0.717, 1.165) is 44.3 Å². The molecule has 0 amide bonds. The number of nitrogens with one attached hydrogen (secondary N) is 1. The molecule has 1 aliphatic rings. The Kier molecular flexibility index (Phi) is 5.16. The lowest BCUT2D eigenvalue weighted by Gasteiger charge is -2.33. The third-order valence-electron chi connectivity index (χ3n) is 3.81. The second kappa shape index (κ2) is 6.68. The molecule has 2 rings (SSSR count). The molecule has 0 unspecified atom stereocenters. The lowest BCUT2D eigenvalue weighted by atomic mass is 9.96. The van der Waals surface area contributed by atoms with Crippen LogP contribution in [0.3, 0.4) is 0 Å². The van der Waals surface area contributed by atoms with Gasteiger partial charge in [0.05, 0.1) is 6.54 Å². The van der Waals surface area contributed by atoms with Gasteiger partial charge in [-0.2, -0.15) is 4.98 Å². The molecule has 1 N–H and O–H groups in total. The topological polar surface area (TPSA) is 54.2 Å². The molecule has 2 heterocycles. The summed E-state index contributed by atoms with van der Waals surface area (Å²) in [6.45, 7) is 12.7. The van der Waals surface area contributed by atoms with Gasteiger partial charge in [-0.1, -0.05) is 32.9 Å². The number of hydrogen-bond acceptors (Lipinski definition) is 5. The Labute approximate surface area is 122 Å². The number of piperidine rings is 1. The average Bonchev–Trinajstić information content (AvgIpc) is 2.88. The van der Waals surface area contributed by atoms with Crippen molar-refractivity contribution in [3.8, 4) is 0 Å². The Morgan fingerprint density at radius 2 is 2.00 bits per heavy atom. The van der Waals surface area contributed by atoms with Crippen molar-refractivity contribution < 1.29 is 4.52 Å². The van der Waals surface area contributed by atoms with Crippen LogP contribution in [0, 0.1) is 0 Å². The molecule has 5 heteroatoms. The van der Waals surface area contributed by atoms with Gasteiger partial charge in [-0.05, 0) is 38.9 Å². The fraction of sp³-hybridized carbons (Fsp3) is 0.867. The highest BCUT2D eigenvalue weighted by molar-refractivity contribution is 5.00. The average molecular weight is 280 g/mol. The Hall–Kier alpha value is -0.940. The van der Waals surface area contributed by atoms with Gasteiger partial charge >= 0.3 is 0 Å². The van der Waals surface area contributed by atoms with Gasteiger partial charge < -0.3 is 9.84 Å². The van der Waals surface area contributed by atoms with Crippen LogP contribution in [-0.2, 0) is 12.0 Å². The van der Waals surface area contributed by atoms with Gasteiger partial charge in [-0.25, -0.2) is 0 Å². The molecule has 1 saturated heterocycles. The number of aromatic nitrogens is 2. The first-order valence-corrected chi connectivity index (χ1v) is 7.78. The van der Waals surface area contributed by atoms with Crippen molar-refractivity contribution in [1.29, 1.82) is 0 Å². The predicted molar refractivity (Wildman–Crippen MR) is 79.6 cm³/mol. The minimum absolute atomic E-state index is 0.0495. The van der Waals surface area contributed by atoms with Crippen LogP contribution < -0.4 is 5.32 Å². The first kappa shape index (κ1) is 15.4. The van der Waals surface area contributed by atoms with Crippen LogP contribution in [0.5, 0.6) is 0 Å². The van der Waals surface area contributed by atoms with Gasteiger partial charge in [0.2, 0.25) is 5.89 Å². The SMILES string of the molecule is CCCN(Cc1nc(C(C)(C)C)no1)C1CCNCC1. The van der Waals surface area contributed by atoms with Gasteiger partial charge in [0.15, 0.2) is 5.82 Å². The minimum Gasteiger partial charge on any atom is -0.338 e. The number of rotatable bonds is 5. The highest BCUT2D eigenvalue weighted by Gasteiger charge is 2.25. The summed E-state index contributed by atoms with van der Waals surface area (Å²) in [5.74, 6) is 1.55. The van der Waals surface area contributed by atoms with Crippen molar-refractivity contribution in [2.45, 2.75) is 65.0 Å². The molecule has 1 aromatic heterocycles. The molecule has 0 aromatic carbocycles.